The molecule has 0 amide bonds. The second-order valence-corrected chi connectivity index (χ2v) is 10.7. The van der Waals surface area contributed by atoms with Gasteiger partial charge in [-0.15, -0.1) is 0 Å². The first kappa shape index (κ1) is 30.4. The van der Waals surface area contributed by atoms with Crippen LogP contribution in [-0.4, -0.2) is 63.7 Å². The summed E-state index contributed by atoms with van der Waals surface area (Å²) in [5, 5.41) is 53.1. The van der Waals surface area contributed by atoms with Crippen LogP contribution in [0.5, 0.6) is 23.0 Å². The Morgan fingerprint density at radius 1 is 0.756 bits per heavy atom. The Labute approximate surface area is 257 Å². The van der Waals surface area contributed by atoms with E-state index >= 15 is 0 Å². The lowest BCUT2D eigenvalue weighted by Crippen LogP contribution is -2.55. The van der Waals surface area contributed by atoms with E-state index in [2.05, 4.69) is 0 Å². The van der Waals surface area contributed by atoms with Crippen LogP contribution < -0.4 is 19.6 Å². The molecule has 0 bridgehead atoms. The van der Waals surface area contributed by atoms with E-state index in [1.165, 1.54) is 25.3 Å². The van der Waals surface area contributed by atoms with E-state index in [9.17, 15) is 30.3 Å². The number of phenolic OH excluding ortho intramolecular Hbond substituents is 1. The van der Waals surface area contributed by atoms with Crippen LogP contribution in [-0.2, 0) is 18.0 Å². The van der Waals surface area contributed by atoms with Gasteiger partial charge < -0.3 is 48.9 Å². The maximum Gasteiger partial charge on any atom is 0.204 e. The fourth-order valence-electron chi connectivity index (χ4n) is 5.47. The van der Waals surface area contributed by atoms with Gasteiger partial charge in [0.1, 0.15) is 71.8 Å². The lowest BCUT2D eigenvalue weighted by Gasteiger charge is -2.40. The summed E-state index contributed by atoms with van der Waals surface area (Å²) in [6.07, 6.45) is -7.87. The number of fused-ring (bicyclic) bond motifs is 2. The molecule has 45 heavy (non-hydrogen) atoms. The highest BCUT2D eigenvalue weighted by Crippen LogP contribution is 2.46. The number of phenols is 1. The second kappa shape index (κ2) is 12.8. The van der Waals surface area contributed by atoms with Gasteiger partial charge in [-0.25, -0.2) is 0 Å². The summed E-state index contributed by atoms with van der Waals surface area (Å²) in [5.41, 5.74) is 1.06. The third kappa shape index (κ3) is 5.79. The van der Waals surface area contributed by atoms with E-state index in [0.717, 1.165) is 11.1 Å². The molecule has 11 heteroatoms. The summed E-state index contributed by atoms with van der Waals surface area (Å²) in [7, 11) is 1.43. The highest BCUT2D eigenvalue weighted by atomic mass is 16.5. The minimum absolute atomic E-state index is 0.00949. The third-order valence-electron chi connectivity index (χ3n) is 7.87. The van der Waals surface area contributed by atoms with E-state index in [1.807, 2.05) is 60.7 Å². The van der Waals surface area contributed by atoms with Gasteiger partial charge in [0.25, 0.3) is 0 Å². The van der Waals surface area contributed by atoms with Gasteiger partial charge in [0.2, 0.25) is 5.43 Å². The van der Waals surface area contributed by atoms with Crippen LogP contribution in [0.3, 0.4) is 0 Å². The van der Waals surface area contributed by atoms with Crippen LogP contribution in [0.2, 0.25) is 0 Å². The molecule has 11 nitrogen and oxygen atoms in total. The summed E-state index contributed by atoms with van der Waals surface area (Å²) in [4.78, 5) is 13.9. The number of benzene rings is 4. The normalized spacial score (nSPS) is 21.6. The lowest BCUT2D eigenvalue weighted by atomic mass is 9.89. The SMILES string of the molecule is COc1cc2c(=O)c3c(O)c([C@@H]4O[C@H](CO)[C@@H](O)[C@H](O)[C@H]4O)c(OCc4ccccc4)cc3oc2cc1OCc1ccccc1. The van der Waals surface area contributed by atoms with Gasteiger partial charge in [-0.05, 0) is 17.2 Å². The number of aliphatic hydroxyl groups excluding tert-OH is 4. The number of rotatable bonds is 9. The van der Waals surface area contributed by atoms with E-state index in [0.29, 0.717) is 5.75 Å². The molecule has 234 valence electrons. The molecule has 1 saturated heterocycles. The minimum Gasteiger partial charge on any atom is -0.506 e. The smallest absolute Gasteiger partial charge is 0.204 e. The summed E-state index contributed by atoms with van der Waals surface area (Å²) >= 11 is 0. The molecule has 0 radical (unpaired) electrons. The maximum atomic E-state index is 13.9. The Bertz CT molecular complexity index is 1850. The number of aliphatic hydroxyl groups is 4. The molecule has 4 aromatic carbocycles. The molecule has 5 atom stereocenters. The van der Waals surface area contributed by atoms with Crippen molar-refractivity contribution < 1.29 is 48.9 Å². The molecule has 5 N–H and O–H groups in total. The largest absolute Gasteiger partial charge is 0.506 e. The fourth-order valence-corrected chi connectivity index (χ4v) is 5.47. The molecule has 1 fully saturated rings. The average Bonchev–Trinajstić information content (AvgIpc) is 3.06. The van der Waals surface area contributed by atoms with Gasteiger partial charge in [0.05, 0.1) is 24.7 Å². The summed E-state index contributed by atoms with van der Waals surface area (Å²) in [5.74, 6) is -0.0238. The van der Waals surface area contributed by atoms with Crippen molar-refractivity contribution in [1.82, 2.24) is 0 Å². The number of aromatic hydroxyl groups is 1. The van der Waals surface area contributed by atoms with E-state index in [4.69, 9.17) is 23.4 Å². The lowest BCUT2D eigenvalue weighted by molar-refractivity contribution is -0.232. The standard InChI is InChI=1S/C34H32O11/c1-41-22-12-20-21(13-23(22)42-16-18-8-4-2-5-9-18)44-25-14-24(43-17-19-10-6-3-7-11-19)28(31(38)27(25)29(20)36)34-33(40)32(39)30(37)26(15-35)45-34/h2-14,26,30,32-35,37-40H,15-17H2,1H3/t26-,30-,32+,33-,34+/m1/s1. The molecule has 2 heterocycles. The van der Waals surface area contributed by atoms with Crippen molar-refractivity contribution in [2.75, 3.05) is 13.7 Å². The van der Waals surface area contributed by atoms with E-state index in [1.54, 1.807) is 0 Å². The Hall–Kier alpha value is -4.65. The molecule has 0 unspecified atom stereocenters. The van der Waals surface area contributed by atoms with Gasteiger partial charge in [0, 0.05) is 12.1 Å². The van der Waals surface area contributed by atoms with Crippen LogP contribution in [0.4, 0.5) is 0 Å². The molecule has 0 saturated carbocycles. The molecule has 1 aliphatic heterocycles. The first-order chi connectivity index (χ1) is 21.8. The number of methoxy groups -OCH3 is 1. The Morgan fingerprint density at radius 2 is 1.36 bits per heavy atom. The predicted octanol–water partition coefficient (Wildman–Crippen LogP) is 3.33. The Kier molecular flexibility index (Phi) is 8.61. The molecule has 0 aliphatic carbocycles. The van der Waals surface area contributed by atoms with Crippen LogP contribution in [0.15, 0.2) is 88.1 Å². The zero-order valence-electron chi connectivity index (χ0n) is 24.2. The number of ether oxygens (including phenoxy) is 4. The van der Waals surface area contributed by atoms with Gasteiger partial charge in [-0.1, -0.05) is 60.7 Å². The first-order valence-corrected chi connectivity index (χ1v) is 14.3. The predicted molar refractivity (Wildman–Crippen MR) is 162 cm³/mol. The average molecular weight is 617 g/mol. The van der Waals surface area contributed by atoms with E-state index < -0.39 is 48.3 Å². The molecule has 1 aliphatic rings. The van der Waals surface area contributed by atoms with Crippen molar-refractivity contribution in [2.24, 2.45) is 0 Å². The topological polar surface area (TPSA) is 168 Å². The molecule has 6 rings (SSSR count). The molecule has 0 spiro atoms. The summed E-state index contributed by atoms with van der Waals surface area (Å²) < 4.78 is 29.5. The third-order valence-corrected chi connectivity index (χ3v) is 7.87. The van der Waals surface area contributed by atoms with Crippen LogP contribution in [0.25, 0.3) is 21.9 Å². The van der Waals surface area contributed by atoms with Crippen molar-refractivity contribution >= 4 is 21.9 Å². The summed E-state index contributed by atoms with van der Waals surface area (Å²) in [6, 6.07) is 23.0. The van der Waals surface area contributed by atoms with Crippen molar-refractivity contribution in [3.63, 3.8) is 0 Å². The van der Waals surface area contributed by atoms with Crippen LogP contribution in [0, 0.1) is 0 Å². The fraction of sp³-hybridized carbons (Fsp3) is 0.265. The van der Waals surface area contributed by atoms with Gasteiger partial charge >= 0.3 is 0 Å². The molecular formula is C34H32O11. The number of hydrogen-bond donors (Lipinski definition) is 5. The highest BCUT2D eigenvalue weighted by Gasteiger charge is 2.46. The van der Waals surface area contributed by atoms with Gasteiger partial charge in [-0.2, -0.15) is 0 Å². The Morgan fingerprint density at radius 3 is 1.96 bits per heavy atom. The van der Waals surface area contributed by atoms with Crippen molar-refractivity contribution in [1.29, 1.82) is 0 Å². The Balaban J connectivity index is 1.50. The van der Waals surface area contributed by atoms with Crippen molar-refractivity contribution in [2.45, 2.75) is 43.7 Å². The second-order valence-electron chi connectivity index (χ2n) is 10.7. The van der Waals surface area contributed by atoms with Crippen LogP contribution in [0.1, 0.15) is 22.8 Å². The van der Waals surface area contributed by atoms with Gasteiger partial charge in [0.15, 0.2) is 11.5 Å². The van der Waals surface area contributed by atoms with Crippen molar-refractivity contribution in [3.8, 4) is 23.0 Å². The van der Waals surface area contributed by atoms with Crippen LogP contribution >= 0.6 is 0 Å². The molecular weight excluding hydrogens is 584 g/mol. The first-order valence-electron chi connectivity index (χ1n) is 14.3. The van der Waals surface area contributed by atoms with Gasteiger partial charge in [-0.3, -0.25) is 4.79 Å². The zero-order chi connectivity index (χ0) is 31.7. The van der Waals surface area contributed by atoms with Crippen molar-refractivity contribution in [3.05, 3.63) is 106 Å². The molecule has 5 aromatic rings. The molecule has 1 aromatic heterocycles. The quantitative estimate of drug-likeness (QED) is 0.154. The minimum atomic E-state index is -1.75. The maximum absolute atomic E-state index is 13.9. The monoisotopic (exact) mass is 616 g/mol. The summed E-state index contributed by atoms with van der Waals surface area (Å²) in [6.45, 7) is -0.415. The number of hydrogen-bond acceptors (Lipinski definition) is 11. The zero-order valence-corrected chi connectivity index (χ0v) is 24.2. The highest BCUT2D eigenvalue weighted by molar-refractivity contribution is 5.96. The van der Waals surface area contributed by atoms with E-state index in [-0.39, 0.29) is 52.2 Å².